The van der Waals surface area contributed by atoms with E-state index < -0.39 is 0 Å². The summed E-state index contributed by atoms with van der Waals surface area (Å²) < 4.78 is 5.72. The van der Waals surface area contributed by atoms with Crippen molar-refractivity contribution >= 4 is 6.08 Å². The molecule has 0 unspecified atom stereocenters. The van der Waals surface area contributed by atoms with Crippen molar-refractivity contribution in [3.8, 4) is 5.75 Å². The van der Waals surface area contributed by atoms with E-state index in [1.807, 2.05) is 0 Å². The standard InChI is InChI=1S/C14H16O/c1-9(2)12-7-11-4-3-10-5-6-15-14(10)13(11)8-12/h3-4,8-9H,5-7H2,1-2H3. The Morgan fingerprint density at radius 1 is 1.20 bits per heavy atom. The highest BCUT2D eigenvalue weighted by Crippen LogP contribution is 2.39. The third-order valence-electron chi connectivity index (χ3n) is 3.45. The molecule has 1 heteroatoms. The van der Waals surface area contributed by atoms with Crippen LogP contribution in [0.3, 0.4) is 0 Å². The second-order valence-electron chi connectivity index (χ2n) is 4.78. The van der Waals surface area contributed by atoms with Gasteiger partial charge in [-0.2, -0.15) is 0 Å². The van der Waals surface area contributed by atoms with Crippen LogP contribution in [0.1, 0.15) is 30.5 Å². The molecule has 1 aromatic carbocycles. The molecule has 0 bridgehead atoms. The summed E-state index contributed by atoms with van der Waals surface area (Å²) >= 11 is 0. The van der Waals surface area contributed by atoms with E-state index in [-0.39, 0.29) is 0 Å². The normalized spacial score (nSPS) is 17.4. The minimum Gasteiger partial charge on any atom is -0.492 e. The molecular weight excluding hydrogens is 184 g/mol. The summed E-state index contributed by atoms with van der Waals surface area (Å²) in [5, 5.41) is 0. The first-order valence-corrected chi connectivity index (χ1v) is 5.73. The van der Waals surface area contributed by atoms with Crippen LogP contribution in [0.4, 0.5) is 0 Å². The number of ether oxygens (including phenoxy) is 1. The van der Waals surface area contributed by atoms with E-state index in [1.54, 1.807) is 0 Å². The topological polar surface area (TPSA) is 9.23 Å². The van der Waals surface area contributed by atoms with Crippen molar-refractivity contribution in [1.29, 1.82) is 0 Å². The molecule has 0 N–H and O–H groups in total. The van der Waals surface area contributed by atoms with E-state index in [0.29, 0.717) is 5.92 Å². The maximum Gasteiger partial charge on any atom is 0.130 e. The fourth-order valence-electron chi connectivity index (χ4n) is 2.46. The molecule has 78 valence electrons. The van der Waals surface area contributed by atoms with Gasteiger partial charge in [0.1, 0.15) is 5.75 Å². The molecule has 0 saturated heterocycles. The highest BCUT2D eigenvalue weighted by atomic mass is 16.5. The lowest BCUT2D eigenvalue weighted by atomic mass is 10.0. The van der Waals surface area contributed by atoms with Gasteiger partial charge in [0.25, 0.3) is 0 Å². The first kappa shape index (κ1) is 9.02. The molecule has 1 aromatic rings. The predicted molar refractivity (Wildman–Crippen MR) is 62.2 cm³/mol. The van der Waals surface area contributed by atoms with Crippen molar-refractivity contribution in [1.82, 2.24) is 0 Å². The maximum absolute atomic E-state index is 5.72. The Morgan fingerprint density at radius 3 is 2.80 bits per heavy atom. The van der Waals surface area contributed by atoms with Gasteiger partial charge in [0.15, 0.2) is 0 Å². The Bertz CT molecular complexity index is 441. The zero-order chi connectivity index (χ0) is 10.4. The van der Waals surface area contributed by atoms with Gasteiger partial charge in [-0.15, -0.1) is 0 Å². The first-order chi connectivity index (χ1) is 7.25. The summed E-state index contributed by atoms with van der Waals surface area (Å²) in [5.74, 6) is 1.80. The monoisotopic (exact) mass is 200 g/mol. The zero-order valence-electron chi connectivity index (χ0n) is 9.34. The Morgan fingerprint density at radius 2 is 2.00 bits per heavy atom. The van der Waals surface area contributed by atoms with Crippen LogP contribution < -0.4 is 4.74 Å². The number of hydrogen-bond acceptors (Lipinski definition) is 1. The Balaban J connectivity index is 2.10. The summed E-state index contributed by atoms with van der Waals surface area (Å²) in [6.07, 6.45) is 4.53. The van der Waals surface area contributed by atoms with Crippen LogP contribution in [0.5, 0.6) is 5.75 Å². The fraction of sp³-hybridized carbons (Fsp3) is 0.429. The number of hydrogen-bond donors (Lipinski definition) is 0. The number of allylic oxidation sites excluding steroid dienone is 1. The molecule has 15 heavy (non-hydrogen) atoms. The lowest BCUT2D eigenvalue weighted by Crippen LogP contribution is -1.93. The number of fused-ring (bicyclic) bond motifs is 3. The van der Waals surface area contributed by atoms with Crippen LogP contribution >= 0.6 is 0 Å². The quantitative estimate of drug-likeness (QED) is 0.676. The van der Waals surface area contributed by atoms with Gasteiger partial charge in [-0.05, 0) is 23.5 Å². The molecule has 1 aliphatic carbocycles. The third kappa shape index (κ3) is 1.30. The van der Waals surface area contributed by atoms with Crippen LogP contribution in [-0.2, 0) is 12.8 Å². The van der Waals surface area contributed by atoms with E-state index in [0.717, 1.165) is 25.2 Å². The summed E-state index contributed by atoms with van der Waals surface area (Å²) in [7, 11) is 0. The molecule has 0 spiro atoms. The highest BCUT2D eigenvalue weighted by molar-refractivity contribution is 5.71. The summed E-state index contributed by atoms with van der Waals surface area (Å²) in [6.45, 7) is 5.38. The molecule has 0 aromatic heterocycles. The first-order valence-electron chi connectivity index (χ1n) is 5.73. The molecule has 0 atom stereocenters. The SMILES string of the molecule is CC(C)C1=Cc2c(ccc3c2OCC3)C1. The van der Waals surface area contributed by atoms with E-state index in [4.69, 9.17) is 4.74 Å². The van der Waals surface area contributed by atoms with Gasteiger partial charge in [0.2, 0.25) is 0 Å². The van der Waals surface area contributed by atoms with Crippen molar-refractivity contribution in [2.45, 2.75) is 26.7 Å². The molecule has 0 fully saturated rings. The lowest BCUT2D eigenvalue weighted by Gasteiger charge is -2.05. The van der Waals surface area contributed by atoms with Gasteiger partial charge in [0, 0.05) is 12.0 Å². The Labute approximate surface area is 90.8 Å². The highest BCUT2D eigenvalue weighted by Gasteiger charge is 2.23. The molecule has 0 saturated carbocycles. The number of rotatable bonds is 1. The fourth-order valence-corrected chi connectivity index (χ4v) is 2.46. The molecule has 2 aliphatic rings. The molecular formula is C14H16O. The van der Waals surface area contributed by atoms with Gasteiger partial charge in [-0.25, -0.2) is 0 Å². The maximum atomic E-state index is 5.72. The molecule has 1 aliphatic heterocycles. The van der Waals surface area contributed by atoms with Crippen molar-refractivity contribution in [3.05, 3.63) is 34.4 Å². The van der Waals surface area contributed by atoms with Gasteiger partial charge in [0.05, 0.1) is 6.61 Å². The summed E-state index contributed by atoms with van der Waals surface area (Å²) in [5.41, 5.74) is 5.72. The smallest absolute Gasteiger partial charge is 0.130 e. The minimum atomic E-state index is 0.648. The van der Waals surface area contributed by atoms with Crippen LogP contribution in [0.2, 0.25) is 0 Å². The largest absolute Gasteiger partial charge is 0.492 e. The van der Waals surface area contributed by atoms with E-state index in [1.165, 1.54) is 22.3 Å². The van der Waals surface area contributed by atoms with Gasteiger partial charge < -0.3 is 4.74 Å². The van der Waals surface area contributed by atoms with E-state index in [2.05, 4.69) is 32.1 Å². The second kappa shape index (κ2) is 3.13. The Hall–Kier alpha value is -1.24. The second-order valence-corrected chi connectivity index (χ2v) is 4.78. The van der Waals surface area contributed by atoms with E-state index >= 15 is 0 Å². The summed E-state index contributed by atoms with van der Waals surface area (Å²) in [6, 6.07) is 4.51. The number of benzene rings is 1. The van der Waals surface area contributed by atoms with Crippen LogP contribution in [-0.4, -0.2) is 6.61 Å². The summed E-state index contributed by atoms with van der Waals surface area (Å²) in [4.78, 5) is 0. The van der Waals surface area contributed by atoms with Crippen LogP contribution in [0, 0.1) is 5.92 Å². The van der Waals surface area contributed by atoms with E-state index in [9.17, 15) is 0 Å². The van der Waals surface area contributed by atoms with Crippen molar-refractivity contribution in [2.24, 2.45) is 5.92 Å². The molecule has 0 amide bonds. The van der Waals surface area contributed by atoms with Crippen molar-refractivity contribution in [2.75, 3.05) is 6.61 Å². The van der Waals surface area contributed by atoms with Gasteiger partial charge >= 0.3 is 0 Å². The Kier molecular flexibility index (Phi) is 1.88. The van der Waals surface area contributed by atoms with Crippen molar-refractivity contribution < 1.29 is 4.74 Å². The molecule has 1 nitrogen and oxygen atoms in total. The van der Waals surface area contributed by atoms with Crippen LogP contribution in [0.15, 0.2) is 17.7 Å². The van der Waals surface area contributed by atoms with Crippen LogP contribution in [0.25, 0.3) is 6.08 Å². The van der Waals surface area contributed by atoms with Gasteiger partial charge in [-0.1, -0.05) is 37.6 Å². The third-order valence-corrected chi connectivity index (χ3v) is 3.45. The molecule has 3 rings (SSSR count). The average molecular weight is 200 g/mol. The minimum absolute atomic E-state index is 0.648. The predicted octanol–water partition coefficient (Wildman–Crippen LogP) is 3.22. The van der Waals surface area contributed by atoms with Crippen molar-refractivity contribution in [3.63, 3.8) is 0 Å². The average Bonchev–Trinajstić information content (AvgIpc) is 2.82. The molecule has 0 radical (unpaired) electrons. The van der Waals surface area contributed by atoms with Gasteiger partial charge in [-0.3, -0.25) is 0 Å². The molecule has 1 heterocycles. The zero-order valence-corrected chi connectivity index (χ0v) is 9.34. The lowest BCUT2D eigenvalue weighted by molar-refractivity contribution is 0.356.